The Labute approximate surface area is 131 Å². The Kier molecular flexibility index (Phi) is 6.22. The maximum absolute atomic E-state index is 5.94. The second kappa shape index (κ2) is 8.42. The summed E-state index contributed by atoms with van der Waals surface area (Å²) >= 11 is 5.94. The molecule has 0 atom stereocenters. The van der Waals surface area contributed by atoms with Gasteiger partial charge < -0.3 is 15.4 Å². The molecule has 4 heteroatoms. The lowest BCUT2D eigenvalue weighted by Gasteiger charge is -2.11. The molecule has 2 aromatic carbocycles. The number of nitrogens with one attached hydrogen (secondary N) is 2. The quantitative estimate of drug-likeness (QED) is 0.696. The Morgan fingerprint density at radius 2 is 1.62 bits per heavy atom. The Hall–Kier alpha value is -1.87. The first-order chi connectivity index (χ1) is 10.3. The highest BCUT2D eigenvalue weighted by molar-refractivity contribution is 6.30. The highest BCUT2D eigenvalue weighted by atomic mass is 35.5. The second-order valence-corrected chi connectivity index (χ2v) is 5.18. The maximum atomic E-state index is 5.94. The zero-order chi connectivity index (χ0) is 14.9. The van der Waals surface area contributed by atoms with E-state index in [0.29, 0.717) is 0 Å². The van der Waals surface area contributed by atoms with Gasteiger partial charge in [0.25, 0.3) is 0 Å². The summed E-state index contributed by atoms with van der Waals surface area (Å²) in [5.74, 6) is 0.907. The summed E-state index contributed by atoms with van der Waals surface area (Å²) in [6.45, 7) is 4.49. The summed E-state index contributed by atoms with van der Waals surface area (Å²) in [6, 6.07) is 15.8. The van der Waals surface area contributed by atoms with Crippen molar-refractivity contribution >= 4 is 23.0 Å². The smallest absolute Gasteiger partial charge is 0.121 e. The standard InChI is InChI=1S/C17H21ClN2O/c1-2-11-21-17-8-4-7-16(13-17)20-10-9-19-15-6-3-5-14(18)12-15/h3-8,12-13,19-20H,2,9-11H2,1H3. The summed E-state index contributed by atoms with van der Waals surface area (Å²) in [6.07, 6.45) is 1.02. The average molecular weight is 305 g/mol. The Morgan fingerprint density at radius 1 is 0.952 bits per heavy atom. The van der Waals surface area contributed by atoms with Crippen LogP contribution in [0.2, 0.25) is 5.02 Å². The van der Waals surface area contributed by atoms with Gasteiger partial charge >= 0.3 is 0 Å². The first-order valence-corrected chi connectivity index (χ1v) is 7.62. The van der Waals surface area contributed by atoms with Crippen molar-refractivity contribution in [3.05, 3.63) is 53.6 Å². The van der Waals surface area contributed by atoms with E-state index in [1.807, 2.05) is 48.5 Å². The van der Waals surface area contributed by atoms with Crippen LogP contribution < -0.4 is 15.4 Å². The van der Waals surface area contributed by atoms with E-state index < -0.39 is 0 Å². The molecule has 112 valence electrons. The van der Waals surface area contributed by atoms with Gasteiger partial charge in [0, 0.05) is 35.6 Å². The Bertz CT molecular complexity index is 560. The van der Waals surface area contributed by atoms with Crippen molar-refractivity contribution in [2.24, 2.45) is 0 Å². The van der Waals surface area contributed by atoms with Crippen LogP contribution in [0, 0.1) is 0 Å². The normalized spacial score (nSPS) is 10.2. The van der Waals surface area contributed by atoms with Gasteiger partial charge in [-0.25, -0.2) is 0 Å². The largest absolute Gasteiger partial charge is 0.494 e. The lowest BCUT2D eigenvalue weighted by molar-refractivity contribution is 0.317. The Balaban J connectivity index is 1.75. The van der Waals surface area contributed by atoms with Crippen molar-refractivity contribution in [1.29, 1.82) is 0 Å². The summed E-state index contributed by atoms with van der Waals surface area (Å²) in [4.78, 5) is 0. The van der Waals surface area contributed by atoms with Gasteiger partial charge in [0.1, 0.15) is 5.75 Å². The van der Waals surface area contributed by atoms with Crippen LogP contribution in [0.1, 0.15) is 13.3 Å². The number of ether oxygens (including phenoxy) is 1. The number of anilines is 2. The SMILES string of the molecule is CCCOc1cccc(NCCNc2cccc(Cl)c2)c1. The van der Waals surface area contributed by atoms with Crippen LogP contribution in [0.4, 0.5) is 11.4 Å². The molecule has 0 aliphatic carbocycles. The fraction of sp³-hybridized carbons (Fsp3) is 0.294. The number of hydrogen-bond donors (Lipinski definition) is 2. The molecule has 0 aliphatic rings. The fourth-order valence-electron chi connectivity index (χ4n) is 1.93. The molecule has 21 heavy (non-hydrogen) atoms. The van der Waals surface area contributed by atoms with Gasteiger partial charge in [-0.05, 0) is 36.8 Å². The topological polar surface area (TPSA) is 33.3 Å². The third kappa shape index (κ3) is 5.56. The van der Waals surface area contributed by atoms with Crippen molar-refractivity contribution < 1.29 is 4.74 Å². The first kappa shape index (κ1) is 15.5. The van der Waals surface area contributed by atoms with E-state index in [4.69, 9.17) is 16.3 Å². The second-order valence-electron chi connectivity index (χ2n) is 4.74. The van der Waals surface area contributed by atoms with Gasteiger partial charge in [-0.15, -0.1) is 0 Å². The van der Waals surface area contributed by atoms with E-state index in [9.17, 15) is 0 Å². The highest BCUT2D eigenvalue weighted by Crippen LogP contribution is 2.17. The molecule has 0 amide bonds. The highest BCUT2D eigenvalue weighted by Gasteiger charge is 1.97. The van der Waals surface area contributed by atoms with Crippen molar-refractivity contribution in [3.63, 3.8) is 0 Å². The molecule has 0 radical (unpaired) electrons. The average Bonchev–Trinajstić information content (AvgIpc) is 2.50. The van der Waals surface area contributed by atoms with E-state index in [-0.39, 0.29) is 0 Å². The van der Waals surface area contributed by atoms with Crippen molar-refractivity contribution in [1.82, 2.24) is 0 Å². The van der Waals surface area contributed by atoms with Gasteiger partial charge in [0.2, 0.25) is 0 Å². The lowest BCUT2D eigenvalue weighted by atomic mass is 10.3. The zero-order valence-corrected chi connectivity index (χ0v) is 13.0. The molecule has 0 heterocycles. The molecule has 2 aromatic rings. The minimum Gasteiger partial charge on any atom is -0.494 e. The van der Waals surface area contributed by atoms with E-state index in [1.165, 1.54) is 0 Å². The fourth-order valence-corrected chi connectivity index (χ4v) is 2.12. The molecule has 0 unspecified atom stereocenters. The molecule has 2 rings (SSSR count). The maximum Gasteiger partial charge on any atom is 0.121 e. The van der Waals surface area contributed by atoms with E-state index in [0.717, 1.165) is 48.3 Å². The third-order valence-electron chi connectivity index (χ3n) is 2.91. The van der Waals surface area contributed by atoms with Gasteiger partial charge in [-0.1, -0.05) is 30.7 Å². The molecule has 0 saturated carbocycles. The predicted octanol–water partition coefficient (Wildman–Crippen LogP) is 4.65. The molecule has 0 aromatic heterocycles. The molecule has 0 bridgehead atoms. The predicted molar refractivity (Wildman–Crippen MR) is 90.7 cm³/mol. The van der Waals surface area contributed by atoms with Gasteiger partial charge in [0.15, 0.2) is 0 Å². The van der Waals surface area contributed by atoms with Crippen LogP contribution in [-0.2, 0) is 0 Å². The van der Waals surface area contributed by atoms with E-state index in [2.05, 4.69) is 17.6 Å². The van der Waals surface area contributed by atoms with E-state index >= 15 is 0 Å². The summed E-state index contributed by atoms with van der Waals surface area (Å²) in [5, 5.41) is 7.44. The number of rotatable bonds is 8. The van der Waals surface area contributed by atoms with Crippen molar-refractivity contribution in [2.75, 3.05) is 30.3 Å². The lowest BCUT2D eigenvalue weighted by Crippen LogP contribution is -2.13. The molecular formula is C17H21ClN2O. The molecule has 2 N–H and O–H groups in total. The van der Waals surface area contributed by atoms with Gasteiger partial charge in [0.05, 0.1) is 6.61 Å². The molecule has 0 aliphatic heterocycles. The Morgan fingerprint density at radius 3 is 2.29 bits per heavy atom. The molecule has 3 nitrogen and oxygen atoms in total. The van der Waals surface area contributed by atoms with Crippen LogP contribution in [0.15, 0.2) is 48.5 Å². The van der Waals surface area contributed by atoms with Crippen LogP contribution in [0.3, 0.4) is 0 Å². The molecule has 0 spiro atoms. The number of hydrogen-bond acceptors (Lipinski definition) is 3. The minimum atomic E-state index is 0.744. The zero-order valence-electron chi connectivity index (χ0n) is 12.2. The molecule has 0 fully saturated rings. The summed E-state index contributed by atoms with van der Waals surface area (Å²) in [5.41, 5.74) is 2.10. The van der Waals surface area contributed by atoms with Gasteiger partial charge in [-0.2, -0.15) is 0 Å². The van der Waals surface area contributed by atoms with Crippen LogP contribution in [0.5, 0.6) is 5.75 Å². The first-order valence-electron chi connectivity index (χ1n) is 7.24. The molecular weight excluding hydrogens is 284 g/mol. The van der Waals surface area contributed by atoms with Crippen LogP contribution in [-0.4, -0.2) is 19.7 Å². The molecule has 0 saturated heterocycles. The monoisotopic (exact) mass is 304 g/mol. The van der Waals surface area contributed by atoms with Crippen molar-refractivity contribution in [2.45, 2.75) is 13.3 Å². The minimum absolute atomic E-state index is 0.744. The summed E-state index contributed by atoms with van der Waals surface area (Å²) < 4.78 is 5.61. The van der Waals surface area contributed by atoms with Crippen LogP contribution >= 0.6 is 11.6 Å². The summed E-state index contributed by atoms with van der Waals surface area (Å²) in [7, 11) is 0. The van der Waals surface area contributed by atoms with Crippen molar-refractivity contribution in [3.8, 4) is 5.75 Å². The number of benzene rings is 2. The van der Waals surface area contributed by atoms with Crippen LogP contribution in [0.25, 0.3) is 0 Å². The number of halogens is 1. The van der Waals surface area contributed by atoms with Gasteiger partial charge in [-0.3, -0.25) is 0 Å². The third-order valence-corrected chi connectivity index (χ3v) is 3.15. The van der Waals surface area contributed by atoms with E-state index in [1.54, 1.807) is 0 Å².